The predicted octanol–water partition coefficient (Wildman–Crippen LogP) is 3.30. The first kappa shape index (κ1) is 23.4. The number of nitrogens with zero attached hydrogens (tertiary/aromatic N) is 2. The van der Waals surface area contributed by atoms with E-state index in [1.807, 2.05) is 73.7 Å². The topological polar surface area (TPSA) is 119 Å². The highest BCUT2D eigenvalue weighted by Crippen LogP contribution is 2.24. The molecule has 0 saturated carbocycles. The predicted molar refractivity (Wildman–Crippen MR) is 140 cm³/mol. The summed E-state index contributed by atoms with van der Waals surface area (Å²) in [5.74, 6) is -0.198. The first-order valence-corrected chi connectivity index (χ1v) is 11.2. The van der Waals surface area contributed by atoms with E-state index in [-0.39, 0.29) is 5.91 Å². The van der Waals surface area contributed by atoms with Crippen LogP contribution >= 0.6 is 0 Å². The first-order chi connectivity index (χ1) is 17.0. The van der Waals surface area contributed by atoms with Gasteiger partial charge in [-0.15, -0.1) is 0 Å². The molecule has 0 unspecified atom stereocenters. The molecule has 4 rings (SSSR count). The largest absolute Gasteiger partial charge is 0.398 e. The van der Waals surface area contributed by atoms with Crippen molar-refractivity contribution in [2.24, 2.45) is 0 Å². The second kappa shape index (κ2) is 10.9. The van der Waals surface area contributed by atoms with E-state index in [1.54, 1.807) is 30.6 Å². The molecule has 174 valence electrons. The van der Waals surface area contributed by atoms with E-state index in [0.717, 1.165) is 28.2 Å². The summed E-state index contributed by atoms with van der Waals surface area (Å²) in [4.78, 5) is 21.4. The van der Waals surface area contributed by atoms with Gasteiger partial charge in [-0.3, -0.25) is 20.2 Å². The van der Waals surface area contributed by atoms with Gasteiger partial charge >= 0.3 is 0 Å². The molecular formula is C28H27N6O+. The molecule has 0 saturated heterocycles. The second-order valence-corrected chi connectivity index (χ2v) is 8.02. The molecule has 4 aromatic rings. The Kier molecular flexibility index (Phi) is 7.28. The average Bonchev–Trinajstić information content (AvgIpc) is 2.87. The number of carbonyl (C=O) groups excluding carboxylic acids is 1. The molecule has 1 amide bonds. The van der Waals surface area contributed by atoms with Crippen molar-refractivity contribution in [2.45, 2.75) is 13.5 Å². The minimum absolute atomic E-state index is 0.198. The number of amides is 1. The number of anilines is 3. The molecule has 0 bridgehead atoms. The molecule has 7 nitrogen and oxygen atoms in total. The highest BCUT2D eigenvalue weighted by atomic mass is 16.1. The summed E-state index contributed by atoms with van der Waals surface area (Å²) in [7, 11) is 0. The Hall–Kier alpha value is -4.78. The van der Waals surface area contributed by atoms with E-state index in [9.17, 15) is 4.79 Å². The number of nitrogens with one attached hydrogen (secondary N) is 2. The maximum Gasteiger partial charge on any atom is 0.253 e. The SMILES string of the molecule is Cc1ccnc(/C=C/C(=[NH2+])c2ccc(Nc3ccccc3C(=O)NCc3ccccn3)cc2N)c1. The number of hydrogen-bond acceptors (Lipinski definition) is 5. The Morgan fingerprint density at radius 3 is 2.57 bits per heavy atom. The van der Waals surface area contributed by atoms with E-state index >= 15 is 0 Å². The molecule has 2 heterocycles. The fourth-order valence-corrected chi connectivity index (χ4v) is 3.53. The van der Waals surface area contributed by atoms with Crippen molar-refractivity contribution >= 4 is 34.8 Å². The number of nitrogens with two attached hydrogens (primary N) is 2. The van der Waals surface area contributed by atoms with Crippen LogP contribution in [0.1, 0.15) is 32.9 Å². The third-order valence-electron chi connectivity index (χ3n) is 5.34. The van der Waals surface area contributed by atoms with E-state index in [0.29, 0.717) is 29.2 Å². The Labute approximate surface area is 204 Å². The minimum atomic E-state index is -0.198. The molecule has 0 aliphatic carbocycles. The van der Waals surface area contributed by atoms with Gasteiger partial charge in [0.25, 0.3) is 5.91 Å². The fraction of sp³-hybridized carbons (Fsp3) is 0.0714. The molecule has 7 heteroatoms. The normalized spacial score (nSPS) is 10.8. The smallest absolute Gasteiger partial charge is 0.253 e. The number of aromatic nitrogens is 2. The lowest BCUT2D eigenvalue weighted by molar-refractivity contribution is -0.110. The van der Waals surface area contributed by atoms with Crippen molar-refractivity contribution in [1.29, 1.82) is 0 Å². The molecule has 2 aromatic carbocycles. The Bertz CT molecular complexity index is 1380. The van der Waals surface area contributed by atoms with Gasteiger partial charge < -0.3 is 16.4 Å². The summed E-state index contributed by atoms with van der Waals surface area (Å²) < 4.78 is 0. The van der Waals surface area contributed by atoms with Gasteiger partial charge in [0, 0.05) is 29.8 Å². The van der Waals surface area contributed by atoms with Crippen molar-refractivity contribution < 1.29 is 10.2 Å². The first-order valence-electron chi connectivity index (χ1n) is 11.2. The van der Waals surface area contributed by atoms with Gasteiger partial charge in [0.1, 0.15) is 0 Å². The number of carbonyl (C=O) groups is 1. The summed E-state index contributed by atoms with van der Waals surface area (Å²) in [6.45, 7) is 2.36. The molecule has 0 radical (unpaired) electrons. The quantitative estimate of drug-likeness (QED) is 0.236. The van der Waals surface area contributed by atoms with Crippen LogP contribution in [0.3, 0.4) is 0 Å². The van der Waals surface area contributed by atoms with Gasteiger partial charge in [0.2, 0.25) is 5.71 Å². The molecule has 0 fully saturated rings. The standard InChI is InChI=1S/C28H26N6O/c1-19-13-15-32-20(16-19)10-12-25(29)23-11-9-21(17-26(23)30)34-27-8-3-2-7-24(27)28(35)33-18-22-6-4-5-14-31-22/h2-17,29,34H,18,30H2,1H3,(H,33,35)/p+1/b12-10+,29-25?. The maximum atomic E-state index is 12.8. The van der Waals surface area contributed by atoms with Crippen LogP contribution < -0.4 is 21.8 Å². The van der Waals surface area contributed by atoms with E-state index < -0.39 is 0 Å². The lowest BCUT2D eigenvalue weighted by Gasteiger charge is -2.13. The summed E-state index contributed by atoms with van der Waals surface area (Å²) in [6, 6.07) is 22.3. The number of benzene rings is 2. The summed E-state index contributed by atoms with van der Waals surface area (Å²) in [5.41, 5.74) is 12.7. The van der Waals surface area contributed by atoms with Gasteiger partial charge in [-0.25, -0.2) is 0 Å². The van der Waals surface area contributed by atoms with Crippen LogP contribution in [0.4, 0.5) is 17.1 Å². The van der Waals surface area contributed by atoms with E-state index in [2.05, 4.69) is 20.6 Å². The highest BCUT2D eigenvalue weighted by molar-refractivity contribution is 6.10. The number of rotatable bonds is 8. The van der Waals surface area contributed by atoms with Crippen molar-refractivity contribution in [3.8, 4) is 0 Å². The average molecular weight is 464 g/mol. The van der Waals surface area contributed by atoms with Gasteiger partial charge in [0.15, 0.2) is 0 Å². The van der Waals surface area contributed by atoms with Gasteiger partial charge in [-0.1, -0.05) is 18.2 Å². The van der Waals surface area contributed by atoms with Crippen molar-refractivity contribution in [2.75, 3.05) is 11.1 Å². The summed E-state index contributed by atoms with van der Waals surface area (Å²) in [6.07, 6.45) is 7.11. The molecule has 0 aliphatic heterocycles. The van der Waals surface area contributed by atoms with Gasteiger partial charge in [0.05, 0.1) is 34.7 Å². The molecule has 0 atom stereocenters. The zero-order valence-corrected chi connectivity index (χ0v) is 19.4. The third-order valence-corrected chi connectivity index (χ3v) is 5.34. The molecule has 2 aromatic heterocycles. The Morgan fingerprint density at radius 2 is 1.80 bits per heavy atom. The minimum Gasteiger partial charge on any atom is -0.398 e. The number of para-hydroxylation sites is 1. The molecule has 0 spiro atoms. The zero-order valence-electron chi connectivity index (χ0n) is 19.4. The molecule has 0 aliphatic rings. The second-order valence-electron chi connectivity index (χ2n) is 8.02. The number of allylic oxidation sites excluding steroid dienone is 1. The Morgan fingerprint density at radius 1 is 0.971 bits per heavy atom. The van der Waals surface area contributed by atoms with Crippen LogP contribution in [0.2, 0.25) is 0 Å². The van der Waals surface area contributed by atoms with Crippen molar-refractivity contribution in [3.05, 3.63) is 119 Å². The van der Waals surface area contributed by atoms with Gasteiger partial charge in [-0.2, -0.15) is 0 Å². The maximum absolute atomic E-state index is 12.8. The molecule has 35 heavy (non-hydrogen) atoms. The Balaban J connectivity index is 1.46. The number of pyridine rings is 2. The van der Waals surface area contributed by atoms with E-state index in [4.69, 9.17) is 11.1 Å². The lowest BCUT2D eigenvalue weighted by atomic mass is 10.1. The van der Waals surface area contributed by atoms with Crippen LogP contribution in [0.5, 0.6) is 0 Å². The highest BCUT2D eigenvalue weighted by Gasteiger charge is 2.13. The summed E-state index contributed by atoms with van der Waals surface area (Å²) in [5, 5.41) is 12.5. The van der Waals surface area contributed by atoms with Crippen molar-refractivity contribution in [3.63, 3.8) is 0 Å². The molecule has 6 N–H and O–H groups in total. The van der Waals surface area contributed by atoms with Crippen LogP contribution in [-0.4, -0.2) is 21.6 Å². The van der Waals surface area contributed by atoms with Crippen LogP contribution in [0.15, 0.2) is 91.3 Å². The fourth-order valence-electron chi connectivity index (χ4n) is 3.53. The monoisotopic (exact) mass is 463 g/mol. The van der Waals surface area contributed by atoms with Crippen molar-refractivity contribution in [1.82, 2.24) is 15.3 Å². The van der Waals surface area contributed by atoms with Crippen LogP contribution in [0, 0.1) is 6.92 Å². The lowest BCUT2D eigenvalue weighted by Crippen LogP contribution is -2.39. The molecular weight excluding hydrogens is 436 g/mol. The third kappa shape index (κ3) is 6.17. The zero-order chi connectivity index (χ0) is 24.6. The summed E-state index contributed by atoms with van der Waals surface area (Å²) >= 11 is 0. The number of aryl methyl sites for hydroxylation is 1. The van der Waals surface area contributed by atoms with Crippen LogP contribution in [-0.2, 0) is 6.54 Å². The number of nitrogen functional groups attached to an aromatic ring is 1. The van der Waals surface area contributed by atoms with Gasteiger partial charge in [-0.05, 0) is 73.2 Å². The van der Waals surface area contributed by atoms with Crippen LogP contribution in [0.25, 0.3) is 6.08 Å². The number of hydrogen-bond donors (Lipinski definition) is 4. The van der Waals surface area contributed by atoms with E-state index in [1.165, 1.54) is 0 Å².